The molecular weight excluding hydrogens is 342 g/mol. The fourth-order valence-corrected chi connectivity index (χ4v) is 4.00. The molecule has 7 nitrogen and oxygen atoms in total. The molecule has 148 valence electrons. The maximum Gasteiger partial charge on any atom is 0.255 e. The minimum absolute atomic E-state index is 0.128. The van der Waals surface area contributed by atoms with E-state index in [0.717, 1.165) is 55.3 Å². The molecule has 1 amide bonds. The highest BCUT2D eigenvalue weighted by Crippen LogP contribution is 2.27. The summed E-state index contributed by atoms with van der Waals surface area (Å²) < 4.78 is 9.51. The lowest BCUT2D eigenvalue weighted by Gasteiger charge is -2.19. The highest BCUT2D eigenvalue weighted by atomic mass is 16.5. The van der Waals surface area contributed by atoms with Gasteiger partial charge in [0.25, 0.3) is 5.91 Å². The summed E-state index contributed by atoms with van der Waals surface area (Å²) in [5.74, 6) is 1.44. The van der Waals surface area contributed by atoms with Gasteiger partial charge in [-0.2, -0.15) is 0 Å². The van der Waals surface area contributed by atoms with Gasteiger partial charge in [0.2, 0.25) is 0 Å². The Bertz CT molecular complexity index is 792. The second kappa shape index (κ2) is 8.25. The third-order valence-corrected chi connectivity index (χ3v) is 5.50. The largest absolute Gasteiger partial charge is 0.385 e. The molecule has 0 spiro atoms. The second-order valence-corrected chi connectivity index (χ2v) is 7.73. The Morgan fingerprint density at radius 3 is 2.85 bits per heavy atom. The first-order valence-electron chi connectivity index (χ1n) is 9.78. The van der Waals surface area contributed by atoms with E-state index in [0.29, 0.717) is 12.5 Å². The molecule has 0 radical (unpaired) electrons. The molecule has 2 aromatic rings. The van der Waals surface area contributed by atoms with Crippen LogP contribution in [0.4, 0.5) is 0 Å². The zero-order valence-corrected chi connectivity index (χ0v) is 17.1. The Morgan fingerprint density at radius 1 is 1.37 bits per heavy atom. The fourth-order valence-electron chi connectivity index (χ4n) is 4.00. The van der Waals surface area contributed by atoms with Crippen LogP contribution in [0.1, 0.15) is 66.2 Å². The Kier molecular flexibility index (Phi) is 5.99. The van der Waals surface area contributed by atoms with Gasteiger partial charge >= 0.3 is 0 Å². The lowest BCUT2D eigenvalue weighted by molar-refractivity contribution is 0.0786. The topological polar surface area (TPSA) is 65.2 Å². The van der Waals surface area contributed by atoms with Crippen molar-refractivity contribution >= 4 is 5.91 Å². The summed E-state index contributed by atoms with van der Waals surface area (Å²) in [6, 6.07) is 2.28. The maximum absolute atomic E-state index is 13.1. The van der Waals surface area contributed by atoms with Gasteiger partial charge in [-0.1, -0.05) is 13.8 Å². The summed E-state index contributed by atoms with van der Waals surface area (Å²) in [4.78, 5) is 15.1. The van der Waals surface area contributed by atoms with Gasteiger partial charge in [0.15, 0.2) is 0 Å². The van der Waals surface area contributed by atoms with E-state index in [2.05, 4.69) is 40.1 Å². The summed E-state index contributed by atoms with van der Waals surface area (Å²) in [5, 5.41) is 8.33. The molecule has 2 aromatic heterocycles. The van der Waals surface area contributed by atoms with Crippen molar-refractivity contribution in [3.05, 3.63) is 35.2 Å². The molecule has 1 saturated heterocycles. The zero-order valence-electron chi connectivity index (χ0n) is 17.1. The first-order valence-corrected chi connectivity index (χ1v) is 9.78. The van der Waals surface area contributed by atoms with Crippen molar-refractivity contribution in [2.75, 3.05) is 26.8 Å². The molecule has 0 N–H and O–H groups in total. The fraction of sp³-hybridized carbons (Fsp3) is 0.650. The third kappa shape index (κ3) is 3.93. The Balaban J connectivity index is 1.72. The Labute approximate surface area is 161 Å². The Morgan fingerprint density at radius 2 is 2.15 bits per heavy atom. The number of methoxy groups -OCH3 is 1. The molecule has 3 rings (SSSR count). The van der Waals surface area contributed by atoms with E-state index in [1.165, 1.54) is 0 Å². The van der Waals surface area contributed by atoms with Crippen LogP contribution in [0.15, 0.2) is 12.4 Å². The average molecular weight is 374 g/mol. The van der Waals surface area contributed by atoms with Crippen molar-refractivity contribution in [3.63, 3.8) is 0 Å². The van der Waals surface area contributed by atoms with Gasteiger partial charge < -0.3 is 18.8 Å². The maximum atomic E-state index is 13.1. The molecular formula is C20H31N5O2. The summed E-state index contributed by atoms with van der Waals surface area (Å²) in [6.45, 7) is 11.4. The smallest absolute Gasteiger partial charge is 0.255 e. The number of carbonyl (C=O) groups is 1. The number of amides is 1. The molecule has 1 fully saturated rings. The van der Waals surface area contributed by atoms with E-state index in [4.69, 9.17) is 4.74 Å². The highest BCUT2D eigenvalue weighted by Gasteiger charge is 2.31. The zero-order chi connectivity index (χ0) is 19.6. The lowest BCUT2D eigenvalue weighted by atomic mass is 10.2. The number of rotatable bonds is 7. The number of ether oxygens (including phenoxy) is 1. The number of likely N-dealkylation sites (tertiary alicyclic amines) is 1. The highest BCUT2D eigenvalue weighted by molar-refractivity contribution is 5.96. The molecule has 3 heterocycles. The first-order chi connectivity index (χ1) is 12.9. The van der Waals surface area contributed by atoms with Crippen LogP contribution in [0, 0.1) is 13.8 Å². The standard InChI is InChI=1S/C20H31N5O2/c1-14(2)19-22-21-13-25(19)17-7-9-23(12-17)20(26)18-11-15(3)24(16(18)4)8-6-10-27-5/h11,13-14,17H,6-10,12H2,1-5H3. The van der Waals surface area contributed by atoms with Crippen molar-refractivity contribution in [2.24, 2.45) is 0 Å². The second-order valence-electron chi connectivity index (χ2n) is 7.73. The first kappa shape index (κ1) is 19.6. The summed E-state index contributed by atoms with van der Waals surface area (Å²) in [6.07, 6.45) is 3.68. The van der Waals surface area contributed by atoms with Crippen molar-refractivity contribution in [1.29, 1.82) is 0 Å². The SMILES string of the molecule is COCCCn1c(C)cc(C(=O)N2CCC(n3cnnc3C(C)C)C2)c1C. The van der Waals surface area contributed by atoms with Crippen LogP contribution in [0.3, 0.4) is 0 Å². The van der Waals surface area contributed by atoms with Crippen LogP contribution in [0.5, 0.6) is 0 Å². The average Bonchev–Trinajstić information content (AvgIpc) is 3.35. The monoisotopic (exact) mass is 373 g/mol. The Hall–Kier alpha value is -2.15. The van der Waals surface area contributed by atoms with Crippen molar-refractivity contribution < 1.29 is 9.53 Å². The van der Waals surface area contributed by atoms with E-state index in [1.807, 2.05) is 17.9 Å². The van der Waals surface area contributed by atoms with Crippen LogP contribution in [-0.2, 0) is 11.3 Å². The van der Waals surface area contributed by atoms with Crippen LogP contribution >= 0.6 is 0 Å². The van der Waals surface area contributed by atoms with Gasteiger partial charge in [-0.05, 0) is 32.8 Å². The van der Waals surface area contributed by atoms with Gasteiger partial charge in [0.1, 0.15) is 12.2 Å². The minimum Gasteiger partial charge on any atom is -0.385 e. The predicted molar refractivity (Wildman–Crippen MR) is 104 cm³/mol. The van der Waals surface area contributed by atoms with Crippen LogP contribution in [0.2, 0.25) is 0 Å². The summed E-state index contributed by atoms with van der Waals surface area (Å²) in [5.41, 5.74) is 2.99. The quantitative estimate of drug-likeness (QED) is 0.700. The van der Waals surface area contributed by atoms with E-state index in [9.17, 15) is 4.79 Å². The molecule has 0 saturated carbocycles. The molecule has 1 unspecified atom stereocenters. The molecule has 0 aromatic carbocycles. The van der Waals surface area contributed by atoms with Crippen molar-refractivity contribution in [2.45, 2.75) is 59.0 Å². The molecule has 7 heteroatoms. The van der Waals surface area contributed by atoms with Gasteiger partial charge in [0.05, 0.1) is 11.6 Å². The van der Waals surface area contributed by atoms with Gasteiger partial charge in [-0.3, -0.25) is 4.79 Å². The molecule has 1 aliphatic rings. The van der Waals surface area contributed by atoms with Gasteiger partial charge in [-0.25, -0.2) is 0 Å². The molecule has 0 bridgehead atoms. The number of hydrogen-bond acceptors (Lipinski definition) is 4. The van der Waals surface area contributed by atoms with Gasteiger partial charge in [-0.15, -0.1) is 10.2 Å². The summed E-state index contributed by atoms with van der Waals surface area (Å²) in [7, 11) is 1.72. The van der Waals surface area contributed by atoms with Crippen LogP contribution < -0.4 is 0 Å². The number of hydrogen-bond donors (Lipinski definition) is 0. The lowest BCUT2D eigenvalue weighted by Crippen LogP contribution is -2.29. The van der Waals surface area contributed by atoms with E-state index in [-0.39, 0.29) is 11.9 Å². The molecule has 1 atom stereocenters. The van der Waals surface area contributed by atoms with Gasteiger partial charge in [0, 0.05) is 50.7 Å². The van der Waals surface area contributed by atoms with E-state index < -0.39 is 0 Å². The molecule has 0 aliphatic carbocycles. The van der Waals surface area contributed by atoms with E-state index in [1.54, 1.807) is 13.4 Å². The predicted octanol–water partition coefficient (Wildman–Crippen LogP) is 2.94. The van der Waals surface area contributed by atoms with Crippen LogP contribution in [0.25, 0.3) is 0 Å². The normalized spacial score (nSPS) is 17.3. The molecule has 1 aliphatic heterocycles. The van der Waals surface area contributed by atoms with Crippen LogP contribution in [-0.4, -0.2) is 56.9 Å². The van der Waals surface area contributed by atoms with Crippen molar-refractivity contribution in [1.82, 2.24) is 24.2 Å². The van der Waals surface area contributed by atoms with Crippen molar-refractivity contribution in [3.8, 4) is 0 Å². The van der Waals surface area contributed by atoms with E-state index >= 15 is 0 Å². The number of aryl methyl sites for hydroxylation is 1. The third-order valence-electron chi connectivity index (χ3n) is 5.50. The molecule has 27 heavy (non-hydrogen) atoms. The number of aromatic nitrogens is 4. The number of nitrogens with zero attached hydrogens (tertiary/aromatic N) is 5. The number of carbonyl (C=O) groups excluding carboxylic acids is 1. The minimum atomic E-state index is 0.128. The summed E-state index contributed by atoms with van der Waals surface area (Å²) >= 11 is 0.